The Labute approximate surface area is 180 Å². The summed E-state index contributed by atoms with van der Waals surface area (Å²) in [5.41, 5.74) is 2.33. The van der Waals surface area contributed by atoms with Gasteiger partial charge in [-0.05, 0) is 41.5 Å². The van der Waals surface area contributed by atoms with E-state index in [9.17, 15) is 10.1 Å². The second-order valence-corrected chi connectivity index (χ2v) is 6.44. The average Bonchev–Trinajstić information content (AvgIpc) is 2.83. The molecule has 0 aliphatic heterocycles. The second kappa shape index (κ2) is 9.99. The minimum Gasteiger partial charge on any atom is -0.497 e. The van der Waals surface area contributed by atoms with Crippen molar-refractivity contribution in [3.63, 3.8) is 0 Å². The van der Waals surface area contributed by atoms with Crippen molar-refractivity contribution >= 4 is 17.6 Å². The Morgan fingerprint density at radius 2 is 1.48 bits per heavy atom. The van der Waals surface area contributed by atoms with E-state index in [-0.39, 0.29) is 11.3 Å². The minimum atomic E-state index is -0.583. The first-order valence-electron chi connectivity index (χ1n) is 9.38. The Balaban J connectivity index is 1.88. The lowest BCUT2D eigenvalue weighted by Crippen LogP contribution is -2.10. The fourth-order valence-electron chi connectivity index (χ4n) is 2.91. The molecule has 0 amide bonds. The topological polar surface area (TPSA) is 77.8 Å². The van der Waals surface area contributed by atoms with E-state index in [4.69, 9.17) is 18.9 Å². The van der Waals surface area contributed by atoms with Crippen molar-refractivity contribution in [2.75, 3.05) is 21.3 Å². The predicted octanol–water partition coefficient (Wildman–Crippen LogP) is 5.00. The van der Waals surface area contributed by atoms with Crippen LogP contribution in [0, 0.1) is 11.3 Å². The van der Waals surface area contributed by atoms with Crippen LogP contribution in [0.5, 0.6) is 23.0 Å². The maximum absolute atomic E-state index is 12.7. The van der Waals surface area contributed by atoms with Gasteiger partial charge >= 0.3 is 5.97 Å². The van der Waals surface area contributed by atoms with E-state index >= 15 is 0 Å². The molecule has 0 bridgehead atoms. The summed E-state index contributed by atoms with van der Waals surface area (Å²) in [7, 11) is 4.49. The molecular weight excluding hydrogens is 394 g/mol. The highest BCUT2D eigenvalue weighted by Crippen LogP contribution is 2.31. The summed E-state index contributed by atoms with van der Waals surface area (Å²) in [5, 5.41) is 9.51. The lowest BCUT2D eigenvalue weighted by atomic mass is 10.0. The Hall–Kier alpha value is -4.24. The molecule has 0 unspecified atom stereocenters. The highest BCUT2D eigenvalue weighted by molar-refractivity contribution is 5.93. The molecule has 0 fully saturated rings. The third kappa shape index (κ3) is 5.22. The average molecular weight is 415 g/mol. The van der Waals surface area contributed by atoms with E-state index in [1.165, 1.54) is 21.3 Å². The molecule has 156 valence electrons. The monoisotopic (exact) mass is 415 g/mol. The summed E-state index contributed by atoms with van der Waals surface area (Å²) >= 11 is 0. The first-order chi connectivity index (χ1) is 15.1. The van der Waals surface area contributed by atoms with Crippen LogP contribution in [0.1, 0.15) is 21.5 Å². The number of hydrogen-bond donors (Lipinski definition) is 0. The Morgan fingerprint density at radius 1 is 0.806 bits per heavy atom. The summed E-state index contributed by atoms with van der Waals surface area (Å²) in [6.45, 7) is 0. The van der Waals surface area contributed by atoms with Gasteiger partial charge < -0.3 is 18.9 Å². The summed E-state index contributed by atoms with van der Waals surface area (Å²) < 4.78 is 21.3. The largest absolute Gasteiger partial charge is 0.497 e. The fraction of sp³-hybridized carbons (Fsp3) is 0.120. The molecule has 0 aliphatic rings. The minimum absolute atomic E-state index is 0.254. The van der Waals surface area contributed by atoms with E-state index in [0.29, 0.717) is 22.8 Å². The van der Waals surface area contributed by atoms with Crippen molar-refractivity contribution in [1.29, 1.82) is 5.26 Å². The molecule has 0 N–H and O–H groups in total. The van der Waals surface area contributed by atoms with Gasteiger partial charge in [-0.25, -0.2) is 4.79 Å². The number of hydrogen-bond acceptors (Lipinski definition) is 6. The van der Waals surface area contributed by atoms with Gasteiger partial charge in [0.05, 0.1) is 38.5 Å². The van der Waals surface area contributed by atoms with Crippen molar-refractivity contribution in [2.45, 2.75) is 0 Å². The molecule has 0 saturated carbocycles. The van der Waals surface area contributed by atoms with Crippen molar-refractivity contribution in [3.05, 3.63) is 83.4 Å². The molecule has 0 aromatic heterocycles. The highest BCUT2D eigenvalue weighted by Gasteiger charge is 2.15. The number of ether oxygens (including phenoxy) is 4. The second-order valence-electron chi connectivity index (χ2n) is 6.44. The number of esters is 1. The Morgan fingerprint density at radius 3 is 2.06 bits per heavy atom. The lowest BCUT2D eigenvalue weighted by Gasteiger charge is -2.12. The van der Waals surface area contributed by atoms with Crippen LogP contribution < -0.4 is 18.9 Å². The van der Waals surface area contributed by atoms with Gasteiger partial charge in [-0.15, -0.1) is 0 Å². The lowest BCUT2D eigenvalue weighted by molar-refractivity contribution is 0.0729. The number of allylic oxidation sites excluding steroid dienone is 1. The number of carbonyl (C=O) groups excluding carboxylic acids is 1. The van der Waals surface area contributed by atoms with Crippen LogP contribution in [-0.2, 0) is 0 Å². The van der Waals surface area contributed by atoms with Crippen molar-refractivity contribution < 1.29 is 23.7 Å². The standard InChI is InChI=1S/C25H21NO5/c1-28-21-13-19(14-22(15-21)29-2)25(27)31-23-10-9-17(12-24(23)30-3)11-20(16-26)18-7-5-4-6-8-18/h4-15H,1-3H3/b20-11-. The third-order valence-electron chi connectivity index (χ3n) is 4.49. The van der Waals surface area contributed by atoms with Crippen LogP contribution in [0.3, 0.4) is 0 Å². The van der Waals surface area contributed by atoms with Gasteiger partial charge in [-0.1, -0.05) is 36.4 Å². The van der Waals surface area contributed by atoms with E-state index in [1.54, 1.807) is 42.5 Å². The summed E-state index contributed by atoms with van der Waals surface area (Å²) in [5.74, 6) is 0.986. The number of nitriles is 1. The molecule has 6 nitrogen and oxygen atoms in total. The van der Waals surface area contributed by atoms with Crippen LogP contribution in [0.4, 0.5) is 0 Å². The fourth-order valence-corrected chi connectivity index (χ4v) is 2.91. The predicted molar refractivity (Wildman–Crippen MR) is 117 cm³/mol. The summed E-state index contributed by atoms with van der Waals surface area (Å²) in [6.07, 6.45) is 1.75. The molecule has 31 heavy (non-hydrogen) atoms. The molecule has 0 atom stereocenters. The van der Waals surface area contributed by atoms with Gasteiger partial charge in [0.25, 0.3) is 0 Å². The van der Waals surface area contributed by atoms with E-state index < -0.39 is 5.97 Å². The summed E-state index contributed by atoms with van der Waals surface area (Å²) in [4.78, 5) is 12.7. The molecule has 6 heteroatoms. The Kier molecular flexibility index (Phi) is 6.92. The number of rotatable bonds is 7. The van der Waals surface area contributed by atoms with Crippen LogP contribution in [-0.4, -0.2) is 27.3 Å². The van der Waals surface area contributed by atoms with Gasteiger partial charge in [0.1, 0.15) is 11.5 Å². The zero-order valence-electron chi connectivity index (χ0n) is 17.4. The van der Waals surface area contributed by atoms with Crippen LogP contribution in [0.2, 0.25) is 0 Å². The van der Waals surface area contributed by atoms with Gasteiger partial charge in [-0.2, -0.15) is 5.26 Å². The quantitative estimate of drug-likeness (QED) is 0.234. The molecule has 3 aromatic rings. The molecule has 0 radical (unpaired) electrons. The number of methoxy groups -OCH3 is 3. The van der Waals surface area contributed by atoms with Crippen LogP contribution >= 0.6 is 0 Å². The van der Waals surface area contributed by atoms with E-state index in [0.717, 1.165) is 11.1 Å². The molecule has 3 aromatic carbocycles. The number of carbonyl (C=O) groups is 1. The van der Waals surface area contributed by atoms with Crippen molar-refractivity contribution in [1.82, 2.24) is 0 Å². The van der Waals surface area contributed by atoms with E-state index in [1.807, 2.05) is 30.3 Å². The van der Waals surface area contributed by atoms with Crippen LogP contribution in [0.25, 0.3) is 11.6 Å². The zero-order chi connectivity index (χ0) is 22.2. The third-order valence-corrected chi connectivity index (χ3v) is 4.49. The number of benzene rings is 3. The first kappa shape index (κ1) is 21.5. The van der Waals surface area contributed by atoms with Crippen molar-refractivity contribution in [3.8, 4) is 29.1 Å². The molecule has 0 saturated heterocycles. The SMILES string of the molecule is COc1cc(OC)cc(C(=O)Oc2ccc(/C=C(/C#N)c3ccccc3)cc2OC)c1. The van der Waals surface area contributed by atoms with Gasteiger partial charge in [0, 0.05) is 6.07 Å². The van der Waals surface area contributed by atoms with Gasteiger partial charge in [0.15, 0.2) is 11.5 Å². The molecule has 0 heterocycles. The number of nitrogens with zero attached hydrogens (tertiary/aromatic N) is 1. The molecular formula is C25H21NO5. The van der Waals surface area contributed by atoms with Gasteiger partial charge in [-0.3, -0.25) is 0 Å². The highest BCUT2D eigenvalue weighted by atomic mass is 16.6. The van der Waals surface area contributed by atoms with Crippen molar-refractivity contribution in [2.24, 2.45) is 0 Å². The smallest absolute Gasteiger partial charge is 0.343 e. The zero-order valence-corrected chi connectivity index (χ0v) is 17.4. The summed E-state index contributed by atoms with van der Waals surface area (Å²) in [6, 6.07) is 21.4. The van der Waals surface area contributed by atoms with Gasteiger partial charge in [0.2, 0.25) is 0 Å². The van der Waals surface area contributed by atoms with Crippen LogP contribution in [0.15, 0.2) is 66.7 Å². The van der Waals surface area contributed by atoms with E-state index in [2.05, 4.69) is 6.07 Å². The normalized spacial score (nSPS) is 10.7. The molecule has 3 rings (SSSR count). The Bertz CT molecular complexity index is 1120. The molecule has 0 spiro atoms. The first-order valence-corrected chi connectivity index (χ1v) is 9.38. The molecule has 0 aliphatic carbocycles. The maximum atomic E-state index is 12.7. The maximum Gasteiger partial charge on any atom is 0.343 e.